The highest BCUT2D eigenvalue weighted by Gasteiger charge is 2.24. The Morgan fingerprint density at radius 2 is 2.05 bits per heavy atom. The van der Waals surface area contributed by atoms with E-state index in [0.717, 1.165) is 12.6 Å². The third-order valence-electron chi connectivity index (χ3n) is 5.00. The number of hydrogen-bond acceptors (Lipinski definition) is 1. The summed E-state index contributed by atoms with van der Waals surface area (Å²) >= 11 is 0. The first-order valence-electron chi connectivity index (χ1n) is 7.91. The Bertz CT molecular complexity index is 638. The van der Waals surface area contributed by atoms with E-state index in [0.29, 0.717) is 0 Å². The van der Waals surface area contributed by atoms with E-state index in [1.54, 1.807) is 0 Å². The number of H-pyrrole nitrogens is 1. The number of hydrogen-bond donors (Lipinski definition) is 1. The van der Waals surface area contributed by atoms with E-state index in [-0.39, 0.29) is 0 Å². The van der Waals surface area contributed by atoms with E-state index in [9.17, 15) is 0 Å². The first-order valence-corrected chi connectivity index (χ1v) is 7.91. The van der Waals surface area contributed by atoms with Gasteiger partial charge in [0.05, 0.1) is 0 Å². The molecule has 0 amide bonds. The van der Waals surface area contributed by atoms with Crippen LogP contribution in [0.3, 0.4) is 0 Å². The Labute approximate surface area is 120 Å². The molecule has 1 atom stereocenters. The molecular weight excluding hydrogens is 244 g/mol. The predicted molar refractivity (Wildman–Crippen MR) is 84.7 cm³/mol. The second-order valence-corrected chi connectivity index (χ2v) is 6.16. The summed E-state index contributed by atoms with van der Waals surface area (Å²) in [5.41, 5.74) is 4.21. The highest BCUT2D eigenvalue weighted by atomic mass is 15.2. The second kappa shape index (κ2) is 5.10. The minimum atomic E-state index is 0.822. The second-order valence-electron chi connectivity index (χ2n) is 6.16. The maximum Gasteiger partial charge on any atom is 0.0460 e. The van der Waals surface area contributed by atoms with Crippen molar-refractivity contribution in [3.05, 3.63) is 42.1 Å². The monoisotopic (exact) mass is 266 g/mol. The van der Waals surface area contributed by atoms with E-state index in [2.05, 4.69) is 46.4 Å². The van der Waals surface area contributed by atoms with Crippen LogP contribution in [0.2, 0.25) is 0 Å². The zero-order valence-electron chi connectivity index (χ0n) is 11.9. The van der Waals surface area contributed by atoms with Crippen molar-refractivity contribution in [1.82, 2.24) is 9.88 Å². The molecule has 2 heteroatoms. The summed E-state index contributed by atoms with van der Waals surface area (Å²) in [5.74, 6) is 0. The minimum Gasteiger partial charge on any atom is -0.361 e. The highest BCUT2D eigenvalue weighted by Crippen LogP contribution is 2.32. The van der Waals surface area contributed by atoms with Gasteiger partial charge in [-0.3, -0.25) is 4.90 Å². The van der Waals surface area contributed by atoms with Gasteiger partial charge in [-0.25, -0.2) is 0 Å². The molecule has 4 rings (SSSR count). The van der Waals surface area contributed by atoms with E-state index in [1.165, 1.54) is 60.7 Å². The summed E-state index contributed by atoms with van der Waals surface area (Å²) < 4.78 is 0. The van der Waals surface area contributed by atoms with Crippen molar-refractivity contribution < 1.29 is 0 Å². The standard InChI is InChI=1S/C18H22N2/c1-2-7-18-16(6-1)17(13-19-18)14-8-9-15-5-3-4-11-20(15)12-10-14/h1-2,6-7,10,13,15,19H,3-5,8-9,11-12H2. The van der Waals surface area contributed by atoms with Crippen molar-refractivity contribution in [2.75, 3.05) is 13.1 Å². The van der Waals surface area contributed by atoms with E-state index < -0.39 is 0 Å². The average molecular weight is 266 g/mol. The molecule has 2 aliphatic rings. The number of fused-ring (bicyclic) bond motifs is 2. The van der Waals surface area contributed by atoms with Gasteiger partial charge in [0.1, 0.15) is 0 Å². The van der Waals surface area contributed by atoms with Gasteiger partial charge in [0.25, 0.3) is 0 Å². The number of aromatic nitrogens is 1. The number of nitrogens with zero attached hydrogens (tertiary/aromatic N) is 1. The topological polar surface area (TPSA) is 19.0 Å². The number of rotatable bonds is 1. The van der Waals surface area contributed by atoms with Gasteiger partial charge in [-0.1, -0.05) is 30.7 Å². The molecule has 0 aliphatic carbocycles. The van der Waals surface area contributed by atoms with Gasteiger partial charge in [0.15, 0.2) is 0 Å². The van der Waals surface area contributed by atoms with Gasteiger partial charge in [0.2, 0.25) is 0 Å². The Kier molecular flexibility index (Phi) is 3.12. The molecule has 1 aromatic heterocycles. The first kappa shape index (κ1) is 12.2. The number of nitrogens with one attached hydrogen (secondary N) is 1. The van der Waals surface area contributed by atoms with Crippen LogP contribution in [0.4, 0.5) is 0 Å². The molecular formula is C18H22N2. The van der Waals surface area contributed by atoms with E-state index in [1.807, 2.05) is 0 Å². The molecule has 0 saturated carbocycles. The molecule has 1 saturated heterocycles. The average Bonchev–Trinajstić information content (AvgIpc) is 2.81. The number of benzene rings is 1. The van der Waals surface area contributed by atoms with Crippen LogP contribution in [-0.4, -0.2) is 29.0 Å². The van der Waals surface area contributed by atoms with Crippen molar-refractivity contribution in [2.45, 2.75) is 38.1 Å². The van der Waals surface area contributed by atoms with Crippen molar-refractivity contribution in [2.24, 2.45) is 0 Å². The normalized spacial score (nSPS) is 24.2. The molecule has 2 nitrogen and oxygen atoms in total. The molecule has 104 valence electrons. The summed E-state index contributed by atoms with van der Waals surface area (Å²) in [4.78, 5) is 6.10. The lowest BCUT2D eigenvalue weighted by molar-refractivity contribution is 0.161. The van der Waals surface area contributed by atoms with E-state index >= 15 is 0 Å². The van der Waals surface area contributed by atoms with Gasteiger partial charge in [-0.05, 0) is 43.9 Å². The minimum absolute atomic E-state index is 0.822. The third kappa shape index (κ3) is 2.08. The smallest absolute Gasteiger partial charge is 0.0460 e. The van der Waals surface area contributed by atoms with Crippen molar-refractivity contribution in [3.63, 3.8) is 0 Å². The van der Waals surface area contributed by atoms with Crippen LogP contribution in [-0.2, 0) is 0 Å². The predicted octanol–water partition coefficient (Wildman–Crippen LogP) is 4.20. The first-order chi connectivity index (χ1) is 9.92. The zero-order valence-corrected chi connectivity index (χ0v) is 11.9. The molecule has 1 N–H and O–H groups in total. The number of para-hydroxylation sites is 1. The number of allylic oxidation sites excluding steroid dienone is 1. The van der Waals surface area contributed by atoms with Gasteiger partial charge < -0.3 is 4.98 Å². The van der Waals surface area contributed by atoms with Gasteiger partial charge in [0, 0.05) is 35.2 Å². The van der Waals surface area contributed by atoms with Crippen LogP contribution in [0.5, 0.6) is 0 Å². The quantitative estimate of drug-likeness (QED) is 0.819. The van der Waals surface area contributed by atoms with Crippen molar-refractivity contribution >= 4 is 16.5 Å². The summed E-state index contributed by atoms with van der Waals surface area (Å²) in [6.45, 7) is 2.43. The number of aromatic amines is 1. The zero-order chi connectivity index (χ0) is 13.4. The summed E-state index contributed by atoms with van der Waals surface area (Å²) in [6, 6.07) is 9.46. The molecule has 1 unspecified atom stereocenters. The van der Waals surface area contributed by atoms with Crippen LogP contribution in [0, 0.1) is 0 Å². The Morgan fingerprint density at radius 3 is 3.05 bits per heavy atom. The molecule has 2 aromatic rings. The van der Waals surface area contributed by atoms with Gasteiger partial charge in [-0.2, -0.15) is 0 Å². The molecule has 1 aromatic carbocycles. The lowest BCUT2D eigenvalue weighted by Gasteiger charge is -2.33. The number of piperidine rings is 1. The van der Waals surface area contributed by atoms with Crippen LogP contribution in [0.15, 0.2) is 36.5 Å². The fourth-order valence-corrected chi connectivity index (χ4v) is 3.86. The van der Waals surface area contributed by atoms with Crippen molar-refractivity contribution in [3.8, 4) is 0 Å². The molecule has 3 heterocycles. The summed E-state index contributed by atoms with van der Waals surface area (Å²) in [6.07, 6.45) is 11.4. The fourth-order valence-electron chi connectivity index (χ4n) is 3.86. The third-order valence-corrected chi connectivity index (χ3v) is 5.00. The Balaban J connectivity index is 1.66. The maximum atomic E-state index is 3.41. The molecule has 2 aliphatic heterocycles. The lowest BCUT2D eigenvalue weighted by Crippen LogP contribution is -2.38. The molecule has 0 radical (unpaired) electrons. The maximum absolute atomic E-state index is 3.41. The van der Waals surface area contributed by atoms with Gasteiger partial charge in [-0.15, -0.1) is 0 Å². The molecule has 0 spiro atoms. The van der Waals surface area contributed by atoms with Gasteiger partial charge >= 0.3 is 0 Å². The highest BCUT2D eigenvalue weighted by molar-refractivity contribution is 5.92. The fraction of sp³-hybridized carbons (Fsp3) is 0.444. The van der Waals surface area contributed by atoms with E-state index in [4.69, 9.17) is 0 Å². The molecule has 1 fully saturated rings. The largest absolute Gasteiger partial charge is 0.361 e. The summed E-state index contributed by atoms with van der Waals surface area (Å²) in [5, 5.41) is 1.37. The SMILES string of the molecule is C1=C(c2c[nH]c3ccccc23)CCC2CCCCN2C1. The molecule has 20 heavy (non-hydrogen) atoms. The Morgan fingerprint density at radius 1 is 1.10 bits per heavy atom. The Hall–Kier alpha value is -1.54. The van der Waals surface area contributed by atoms with Crippen molar-refractivity contribution in [1.29, 1.82) is 0 Å². The van der Waals surface area contributed by atoms with Crippen LogP contribution >= 0.6 is 0 Å². The lowest BCUT2D eigenvalue weighted by atomic mass is 9.95. The molecule has 0 bridgehead atoms. The summed E-state index contributed by atoms with van der Waals surface area (Å²) in [7, 11) is 0. The van der Waals surface area contributed by atoms with Crippen LogP contribution in [0.1, 0.15) is 37.7 Å². The van der Waals surface area contributed by atoms with Crippen LogP contribution < -0.4 is 0 Å². The van der Waals surface area contributed by atoms with Crippen LogP contribution in [0.25, 0.3) is 16.5 Å².